The number of ether oxygens (including phenoxy) is 1. The molecule has 5 nitrogen and oxygen atoms in total. The van der Waals surface area contributed by atoms with Crippen molar-refractivity contribution in [1.29, 1.82) is 0 Å². The van der Waals surface area contributed by atoms with Crippen LogP contribution in [0.3, 0.4) is 0 Å². The van der Waals surface area contributed by atoms with Gasteiger partial charge >= 0.3 is 5.97 Å². The monoisotopic (exact) mass is 228 g/mol. The fourth-order valence-electron chi connectivity index (χ4n) is 1.59. The fraction of sp³-hybridized carbons (Fsp3) is 0.818. The number of hydrogen-bond acceptors (Lipinski definition) is 4. The number of esters is 1. The topological polar surface area (TPSA) is 81.4 Å². The molecule has 16 heavy (non-hydrogen) atoms. The van der Waals surface area contributed by atoms with Crippen molar-refractivity contribution >= 4 is 11.9 Å². The van der Waals surface area contributed by atoms with Crippen molar-refractivity contribution in [2.24, 2.45) is 17.1 Å². The molecular formula is C11H20N2O3. The van der Waals surface area contributed by atoms with Crippen LogP contribution >= 0.6 is 0 Å². The molecule has 0 spiro atoms. The predicted molar refractivity (Wildman–Crippen MR) is 59.5 cm³/mol. The fourth-order valence-corrected chi connectivity index (χ4v) is 1.59. The summed E-state index contributed by atoms with van der Waals surface area (Å²) in [6.07, 6.45) is 1.61. The molecule has 1 aliphatic carbocycles. The minimum absolute atomic E-state index is 0.00461. The summed E-state index contributed by atoms with van der Waals surface area (Å²) in [5.74, 6) is -0.528. The lowest BCUT2D eigenvalue weighted by molar-refractivity contribution is -0.147. The first-order valence-electron chi connectivity index (χ1n) is 5.55. The molecule has 0 aromatic heterocycles. The Balaban J connectivity index is 2.62. The molecule has 1 saturated carbocycles. The molecule has 3 N–H and O–H groups in total. The summed E-state index contributed by atoms with van der Waals surface area (Å²) in [6.45, 7) is 4.07. The van der Waals surface area contributed by atoms with Crippen molar-refractivity contribution in [2.45, 2.75) is 32.7 Å². The van der Waals surface area contributed by atoms with Crippen LogP contribution in [0.25, 0.3) is 0 Å². The molecule has 0 bridgehead atoms. The Morgan fingerprint density at radius 2 is 2.00 bits per heavy atom. The Kier molecular flexibility index (Phi) is 3.91. The van der Waals surface area contributed by atoms with Crippen LogP contribution in [-0.4, -0.2) is 31.6 Å². The molecule has 0 unspecified atom stereocenters. The van der Waals surface area contributed by atoms with Gasteiger partial charge < -0.3 is 15.8 Å². The minimum Gasteiger partial charge on any atom is -0.467 e. The maximum atomic E-state index is 11.9. The first-order valence-corrected chi connectivity index (χ1v) is 5.55. The maximum absolute atomic E-state index is 11.9. The summed E-state index contributed by atoms with van der Waals surface area (Å²) in [7, 11) is 1.32. The van der Waals surface area contributed by atoms with Crippen LogP contribution in [0.15, 0.2) is 0 Å². The highest BCUT2D eigenvalue weighted by Crippen LogP contribution is 2.44. The van der Waals surface area contributed by atoms with E-state index < -0.39 is 17.4 Å². The van der Waals surface area contributed by atoms with Gasteiger partial charge in [0, 0.05) is 6.54 Å². The van der Waals surface area contributed by atoms with E-state index in [2.05, 4.69) is 10.1 Å². The van der Waals surface area contributed by atoms with Crippen LogP contribution in [0, 0.1) is 11.3 Å². The summed E-state index contributed by atoms with van der Waals surface area (Å²) < 4.78 is 4.66. The van der Waals surface area contributed by atoms with Gasteiger partial charge in [0.1, 0.15) is 6.04 Å². The van der Waals surface area contributed by atoms with E-state index in [9.17, 15) is 9.59 Å². The van der Waals surface area contributed by atoms with Crippen LogP contribution in [0.4, 0.5) is 0 Å². The van der Waals surface area contributed by atoms with Crippen LogP contribution in [0.2, 0.25) is 0 Å². The first kappa shape index (κ1) is 13.0. The average Bonchev–Trinajstić information content (AvgIpc) is 3.04. The van der Waals surface area contributed by atoms with Gasteiger partial charge in [-0.05, 0) is 18.8 Å². The number of methoxy groups -OCH3 is 1. The van der Waals surface area contributed by atoms with Gasteiger partial charge in [0.2, 0.25) is 5.91 Å². The number of rotatable bonds is 5. The van der Waals surface area contributed by atoms with E-state index in [0.29, 0.717) is 6.54 Å². The van der Waals surface area contributed by atoms with E-state index in [1.807, 2.05) is 13.8 Å². The van der Waals surface area contributed by atoms with Crippen molar-refractivity contribution in [3.63, 3.8) is 0 Å². The third-order valence-electron chi connectivity index (χ3n) is 3.13. The van der Waals surface area contributed by atoms with Crippen molar-refractivity contribution < 1.29 is 14.3 Å². The summed E-state index contributed by atoms with van der Waals surface area (Å²) in [4.78, 5) is 23.4. The number of nitrogens with one attached hydrogen (secondary N) is 1. The zero-order valence-electron chi connectivity index (χ0n) is 10.1. The van der Waals surface area contributed by atoms with Gasteiger partial charge in [-0.2, -0.15) is 0 Å². The Morgan fingerprint density at radius 1 is 1.44 bits per heavy atom. The molecule has 0 radical (unpaired) electrons. The minimum atomic E-state index is -0.582. The lowest BCUT2D eigenvalue weighted by Gasteiger charge is -2.22. The molecule has 0 saturated heterocycles. The molecule has 1 aliphatic rings. The van der Waals surface area contributed by atoms with Gasteiger partial charge in [-0.1, -0.05) is 13.8 Å². The summed E-state index contributed by atoms with van der Waals surface area (Å²) in [5, 5.41) is 2.73. The molecule has 1 atom stereocenters. The van der Waals surface area contributed by atoms with E-state index in [0.717, 1.165) is 12.8 Å². The number of hydrogen-bond donors (Lipinski definition) is 2. The Morgan fingerprint density at radius 3 is 2.31 bits per heavy atom. The molecule has 0 aliphatic heterocycles. The second-order valence-electron chi connectivity index (χ2n) is 4.70. The van der Waals surface area contributed by atoms with Gasteiger partial charge in [-0.15, -0.1) is 0 Å². The Labute approximate surface area is 95.7 Å². The lowest BCUT2D eigenvalue weighted by Crippen LogP contribution is -2.49. The van der Waals surface area contributed by atoms with Gasteiger partial charge in [0.25, 0.3) is 0 Å². The highest BCUT2D eigenvalue weighted by Gasteiger charge is 2.49. The van der Waals surface area contributed by atoms with Crippen LogP contribution < -0.4 is 11.1 Å². The van der Waals surface area contributed by atoms with Crippen LogP contribution in [0.5, 0.6) is 0 Å². The molecule has 1 rings (SSSR count). The summed E-state index contributed by atoms with van der Waals surface area (Å²) in [5.41, 5.74) is 5.12. The second kappa shape index (κ2) is 4.82. The molecule has 0 heterocycles. The zero-order valence-corrected chi connectivity index (χ0v) is 10.1. The molecule has 1 amide bonds. The van der Waals surface area contributed by atoms with E-state index in [4.69, 9.17) is 5.73 Å². The largest absolute Gasteiger partial charge is 0.467 e. The smallest absolute Gasteiger partial charge is 0.328 e. The maximum Gasteiger partial charge on any atom is 0.328 e. The number of nitrogens with two attached hydrogens (primary N) is 1. The molecule has 1 fully saturated rings. The van der Waals surface area contributed by atoms with Gasteiger partial charge in [-0.3, -0.25) is 4.79 Å². The van der Waals surface area contributed by atoms with Crippen molar-refractivity contribution in [1.82, 2.24) is 5.32 Å². The number of carbonyl (C=O) groups excluding carboxylic acids is 2. The van der Waals surface area contributed by atoms with E-state index >= 15 is 0 Å². The number of amides is 1. The average molecular weight is 228 g/mol. The highest BCUT2D eigenvalue weighted by molar-refractivity contribution is 5.90. The molecule has 0 aromatic rings. The second-order valence-corrected chi connectivity index (χ2v) is 4.70. The first-order chi connectivity index (χ1) is 7.46. The summed E-state index contributed by atoms with van der Waals surface area (Å²) in [6, 6.07) is -0.582. The normalized spacial score (nSPS) is 19.1. The molecule has 92 valence electrons. The van der Waals surface area contributed by atoms with E-state index in [1.54, 1.807) is 0 Å². The zero-order chi connectivity index (χ0) is 12.3. The molecule has 5 heteroatoms. The Bertz CT molecular complexity index is 285. The van der Waals surface area contributed by atoms with Crippen molar-refractivity contribution in [2.75, 3.05) is 13.7 Å². The van der Waals surface area contributed by atoms with Crippen molar-refractivity contribution in [3.05, 3.63) is 0 Å². The van der Waals surface area contributed by atoms with Crippen molar-refractivity contribution in [3.8, 4) is 0 Å². The van der Waals surface area contributed by atoms with Gasteiger partial charge in [0.15, 0.2) is 0 Å². The standard InChI is InChI=1S/C11H20N2O3/c1-7(2)8(9(14)16-3)13-10(15)11(6-12)4-5-11/h7-8H,4-6,12H2,1-3H3,(H,13,15)/t8-/m0/s1. The quantitative estimate of drug-likeness (QED) is 0.651. The SMILES string of the molecule is COC(=O)[C@@H](NC(=O)C1(CN)CC1)C(C)C. The lowest BCUT2D eigenvalue weighted by atomic mass is 10.0. The Hall–Kier alpha value is -1.10. The van der Waals surface area contributed by atoms with Gasteiger partial charge in [0.05, 0.1) is 12.5 Å². The third-order valence-corrected chi connectivity index (χ3v) is 3.13. The van der Waals surface area contributed by atoms with E-state index in [1.165, 1.54) is 7.11 Å². The van der Waals surface area contributed by atoms with E-state index in [-0.39, 0.29) is 11.8 Å². The molecule has 0 aromatic carbocycles. The number of carbonyl (C=O) groups is 2. The molecular weight excluding hydrogens is 208 g/mol. The third kappa shape index (κ3) is 2.52. The predicted octanol–water partition coefficient (Wildman–Crippen LogP) is 0.0391. The van der Waals surface area contributed by atoms with Crippen LogP contribution in [-0.2, 0) is 14.3 Å². The highest BCUT2D eigenvalue weighted by atomic mass is 16.5. The van der Waals surface area contributed by atoms with Crippen LogP contribution in [0.1, 0.15) is 26.7 Å². The summed E-state index contributed by atoms with van der Waals surface area (Å²) >= 11 is 0. The van der Waals surface area contributed by atoms with Gasteiger partial charge in [-0.25, -0.2) is 4.79 Å².